The monoisotopic (exact) mass is 270 g/mol. The summed E-state index contributed by atoms with van der Waals surface area (Å²) in [6, 6.07) is 12.0. The Kier molecular flexibility index (Phi) is 4.40. The molecule has 1 N–H and O–H groups in total. The number of nitrogens with zero attached hydrogens (tertiary/aromatic N) is 1. The summed E-state index contributed by atoms with van der Waals surface area (Å²) in [5.41, 5.74) is 2.21. The molecule has 0 fully saturated rings. The first-order valence-electron chi connectivity index (χ1n) is 6.87. The van der Waals surface area contributed by atoms with Gasteiger partial charge < -0.3 is 10.1 Å². The van der Waals surface area contributed by atoms with Gasteiger partial charge in [-0.15, -0.1) is 0 Å². The Hall–Kier alpha value is -1.87. The van der Waals surface area contributed by atoms with Crippen molar-refractivity contribution in [3.63, 3.8) is 0 Å². The molecule has 3 nitrogen and oxygen atoms in total. The van der Waals surface area contributed by atoms with Crippen LogP contribution in [0.1, 0.15) is 32.0 Å². The van der Waals surface area contributed by atoms with Crippen molar-refractivity contribution < 1.29 is 4.74 Å². The maximum Gasteiger partial charge on any atom is 0.145 e. The van der Waals surface area contributed by atoms with E-state index in [0.717, 1.165) is 29.3 Å². The predicted molar refractivity (Wildman–Crippen MR) is 82.1 cm³/mol. The molecule has 2 aromatic rings. The van der Waals surface area contributed by atoms with Crippen molar-refractivity contribution in [1.29, 1.82) is 0 Å². The van der Waals surface area contributed by atoms with Crippen LogP contribution in [0.2, 0.25) is 0 Å². The first-order chi connectivity index (χ1) is 9.44. The molecule has 0 amide bonds. The number of pyridine rings is 1. The van der Waals surface area contributed by atoms with E-state index in [1.807, 2.05) is 37.3 Å². The highest BCUT2D eigenvalue weighted by Gasteiger charge is 2.11. The third-order valence-corrected chi connectivity index (χ3v) is 2.89. The number of aromatic nitrogens is 1. The maximum absolute atomic E-state index is 5.93. The van der Waals surface area contributed by atoms with E-state index in [4.69, 9.17) is 4.74 Å². The van der Waals surface area contributed by atoms with Crippen LogP contribution in [0.25, 0.3) is 0 Å². The van der Waals surface area contributed by atoms with Crippen LogP contribution in [-0.4, -0.2) is 10.5 Å². The van der Waals surface area contributed by atoms with Crippen molar-refractivity contribution in [3.8, 4) is 11.5 Å². The quantitative estimate of drug-likeness (QED) is 0.909. The first kappa shape index (κ1) is 14.5. The summed E-state index contributed by atoms with van der Waals surface area (Å²) in [6.45, 7) is 9.20. The second kappa shape index (κ2) is 6.06. The van der Waals surface area contributed by atoms with Crippen molar-refractivity contribution >= 4 is 0 Å². The Balaban J connectivity index is 2.13. The molecule has 0 atom stereocenters. The van der Waals surface area contributed by atoms with Gasteiger partial charge in [-0.2, -0.15) is 0 Å². The largest absolute Gasteiger partial charge is 0.455 e. The lowest BCUT2D eigenvalue weighted by Gasteiger charge is -2.21. The molecule has 106 valence electrons. The summed E-state index contributed by atoms with van der Waals surface area (Å²) in [5, 5.41) is 3.48. The molecule has 0 aliphatic rings. The molecule has 0 saturated heterocycles. The lowest BCUT2D eigenvalue weighted by molar-refractivity contribution is 0.414. The third kappa shape index (κ3) is 4.35. The molecule has 0 unspecified atom stereocenters. The topological polar surface area (TPSA) is 34.1 Å². The minimum absolute atomic E-state index is 0.0819. The molecule has 0 radical (unpaired) electrons. The van der Waals surface area contributed by atoms with Gasteiger partial charge in [0.2, 0.25) is 0 Å². The van der Waals surface area contributed by atoms with E-state index in [2.05, 4.69) is 37.1 Å². The summed E-state index contributed by atoms with van der Waals surface area (Å²) in [4.78, 5) is 4.25. The average molecular weight is 270 g/mol. The smallest absolute Gasteiger partial charge is 0.145 e. The molecular formula is C17H22N2O. The van der Waals surface area contributed by atoms with Crippen molar-refractivity contribution in [2.75, 3.05) is 0 Å². The van der Waals surface area contributed by atoms with E-state index in [0.29, 0.717) is 0 Å². The Morgan fingerprint density at radius 1 is 1.10 bits per heavy atom. The highest BCUT2D eigenvalue weighted by Crippen LogP contribution is 2.25. The third-order valence-electron chi connectivity index (χ3n) is 2.89. The molecule has 0 aliphatic heterocycles. The van der Waals surface area contributed by atoms with Crippen molar-refractivity contribution in [1.82, 2.24) is 10.3 Å². The van der Waals surface area contributed by atoms with Crippen LogP contribution in [0.4, 0.5) is 0 Å². The van der Waals surface area contributed by atoms with Gasteiger partial charge in [-0.05, 0) is 45.9 Å². The molecule has 1 aromatic carbocycles. The summed E-state index contributed by atoms with van der Waals surface area (Å²) in [5.74, 6) is 1.63. The normalized spacial score (nSPS) is 11.4. The van der Waals surface area contributed by atoms with Crippen LogP contribution in [0.5, 0.6) is 11.5 Å². The number of nitrogens with one attached hydrogen (secondary N) is 1. The van der Waals surface area contributed by atoms with Gasteiger partial charge in [0.15, 0.2) is 0 Å². The molecule has 0 spiro atoms. The molecule has 0 aliphatic carbocycles. The van der Waals surface area contributed by atoms with Gasteiger partial charge in [-0.25, -0.2) is 0 Å². The van der Waals surface area contributed by atoms with Crippen molar-refractivity contribution in [3.05, 3.63) is 53.9 Å². The zero-order valence-corrected chi connectivity index (χ0v) is 12.6. The Morgan fingerprint density at radius 2 is 1.85 bits per heavy atom. The summed E-state index contributed by atoms with van der Waals surface area (Å²) < 4.78 is 5.93. The lowest BCUT2D eigenvalue weighted by Crippen LogP contribution is -2.35. The average Bonchev–Trinajstić information content (AvgIpc) is 2.39. The van der Waals surface area contributed by atoms with Crippen LogP contribution >= 0.6 is 0 Å². The number of ether oxygens (including phenoxy) is 1. The van der Waals surface area contributed by atoms with E-state index < -0.39 is 0 Å². The van der Waals surface area contributed by atoms with Gasteiger partial charge in [-0.3, -0.25) is 4.98 Å². The van der Waals surface area contributed by atoms with Crippen molar-refractivity contribution in [2.24, 2.45) is 0 Å². The lowest BCUT2D eigenvalue weighted by atomic mass is 10.1. The van der Waals surface area contributed by atoms with E-state index in [1.165, 1.54) is 0 Å². The van der Waals surface area contributed by atoms with Crippen LogP contribution in [0.3, 0.4) is 0 Å². The second-order valence-corrected chi connectivity index (χ2v) is 5.95. The van der Waals surface area contributed by atoms with E-state index >= 15 is 0 Å². The van der Waals surface area contributed by atoms with E-state index in [-0.39, 0.29) is 5.54 Å². The zero-order valence-electron chi connectivity index (χ0n) is 12.6. The number of benzene rings is 1. The molecule has 20 heavy (non-hydrogen) atoms. The SMILES string of the molecule is Cc1ccc(Oc2ccccc2CNC(C)(C)C)cn1. The van der Waals surface area contributed by atoms with E-state index in [9.17, 15) is 0 Å². The van der Waals surface area contributed by atoms with Crippen molar-refractivity contribution in [2.45, 2.75) is 39.8 Å². The molecule has 1 aromatic heterocycles. The minimum Gasteiger partial charge on any atom is -0.455 e. The highest BCUT2D eigenvalue weighted by molar-refractivity contribution is 5.37. The van der Waals surface area contributed by atoms with Crippen LogP contribution in [0.15, 0.2) is 42.6 Å². The minimum atomic E-state index is 0.0819. The molecule has 0 saturated carbocycles. The zero-order chi connectivity index (χ0) is 14.6. The molecular weight excluding hydrogens is 248 g/mol. The number of aryl methyl sites for hydroxylation is 1. The summed E-state index contributed by atoms with van der Waals surface area (Å²) in [7, 11) is 0. The number of rotatable bonds is 4. The van der Waals surface area contributed by atoms with Crippen LogP contribution < -0.4 is 10.1 Å². The Labute approximate surface area is 121 Å². The first-order valence-corrected chi connectivity index (χ1v) is 6.87. The second-order valence-electron chi connectivity index (χ2n) is 5.95. The van der Waals surface area contributed by atoms with Gasteiger partial charge in [0.1, 0.15) is 11.5 Å². The Morgan fingerprint density at radius 3 is 2.50 bits per heavy atom. The van der Waals surface area contributed by atoms with E-state index in [1.54, 1.807) is 6.20 Å². The number of para-hydroxylation sites is 1. The molecule has 0 bridgehead atoms. The summed E-state index contributed by atoms with van der Waals surface area (Å²) >= 11 is 0. The summed E-state index contributed by atoms with van der Waals surface area (Å²) in [6.07, 6.45) is 1.75. The number of hydrogen-bond donors (Lipinski definition) is 1. The predicted octanol–water partition coefficient (Wildman–Crippen LogP) is 4.07. The fraction of sp³-hybridized carbons (Fsp3) is 0.353. The van der Waals surface area contributed by atoms with Gasteiger partial charge in [-0.1, -0.05) is 18.2 Å². The molecule has 3 heteroatoms. The maximum atomic E-state index is 5.93. The van der Waals surface area contributed by atoms with Gasteiger partial charge in [0, 0.05) is 23.3 Å². The van der Waals surface area contributed by atoms with Gasteiger partial charge >= 0.3 is 0 Å². The fourth-order valence-corrected chi connectivity index (χ4v) is 1.75. The standard InChI is InChI=1S/C17H22N2O/c1-13-9-10-15(12-18-13)20-16-8-6-5-7-14(16)11-19-17(2,3)4/h5-10,12,19H,11H2,1-4H3. The molecule has 2 rings (SSSR count). The van der Waals surface area contributed by atoms with Crippen LogP contribution in [0, 0.1) is 6.92 Å². The van der Waals surface area contributed by atoms with Gasteiger partial charge in [0.25, 0.3) is 0 Å². The fourth-order valence-electron chi connectivity index (χ4n) is 1.75. The van der Waals surface area contributed by atoms with Gasteiger partial charge in [0.05, 0.1) is 6.20 Å². The number of hydrogen-bond acceptors (Lipinski definition) is 3. The van der Waals surface area contributed by atoms with Crippen LogP contribution in [-0.2, 0) is 6.54 Å². The highest BCUT2D eigenvalue weighted by atomic mass is 16.5. The Bertz CT molecular complexity index is 556. The molecule has 1 heterocycles.